The highest BCUT2D eigenvalue weighted by molar-refractivity contribution is 7.13. The SMILES string of the molecule is COCCCNC(=O)N1CCC[C@@H]1c1nnc(C(=O)Nc2ccc(Cl)cc2)s1. The van der Waals surface area contributed by atoms with Crippen LogP contribution in [0.3, 0.4) is 0 Å². The van der Waals surface area contributed by atoms with Gasteiger partial charge in [-0.15, -0.1) is 10.2 Å². The monoisotopic (exact) mass is 423 g/mol. The summed E-state index contributed by atoms with van der Waals surface area (Å²) in [7, 11) is 1.63. The van der Waals surface area contributed by atoms with Gasteiger partial charge in [-0.1, -0.05) is 22.9 Å². The molecule has 1 aromatic heterocycles. The van der Waals surface area contributed by atoms with Gasteiger partial charge >= 0.3 is 6.03 Å². The van der Waals surface area contributed by atoms with E-state index in [9.17, 15) is 9.59 Å². The first-order valence-corrected chi connectivity index (χ1v) is 10.2. The maximum absolute atomic E-state index is 12.4. The molecule has 8 nitrogen and oxygen atoms in total. The fourth-order valence-corrected chi connectivity index (χ4v) is 3.97. The third-order valence-corrected chi connectivity index (χ3v) is 5.61. The van der Waals surface area contributed by atoms with E-state index in [-0.39, 0.29) is 23.0 Å². The molecule has 0 unspecified atom stereocenters. The molecule has 3 rings (SSSR count). The molecule has 28 heavy (non-hydrogen) atoms. The number of aromatic nitrogens is 2. The Morgan fingerprint density at radius 1 is 1.32 bits per heavy atom. The zero-order valence-electron chi connectivity index (χ0n) is 15.5. The number of carbonyl (C=O) groups is 2. The van der Waals surface area contributed by atoms with Crippen LogP contribution in [0.25, 0.3) is 0 Å². The summed E-state index contributed by atoms with van der Waals surface area (Å²) < 4.78 is 4.99. The second kappa shape index (κ2) is 9.81. The number of carbonyl (C=O) groups excluding carboxylic acids is 2. The van der Waals surface area contributed by atoms with Gasteiger partial charge in [0.1, 0.15) is 5.01 Å². The van der Waals surface area contributed by atoms with Gasteiger partial charge in [-0.3, -0.25) is 4.79 Å². The number of hydrogen-bond acceptors (Lipinski definition) is 6. The van der Waals surface area contributed by atoms with E-state index in [1.165, 1.54) is 11.3 Å². The summed E-state index contributed by atoms with van der Waals surface area (Å²) >= 11 is 7.06. The maximum Gasteiger partial charge on any atom is 0.317 e. The van der Waals surface area contributed by atoms with Crippen LogP contribution in [0, 0.1) is 0 Å². The summed E-state index contributed by atoms with van der Waals surface area (Å²) in [4.78, 5) is 26.6. The Labute approximate surface area is 172 Å². The first-order chi connectivity index (χ1) is 13.6. The number of nitrogens with zero attached hydrogens (tertiary/aromatic N) is 3. The maximum atomic E-state index is 12.4. The van der Waals surface area contributed by atoms with Crippen molar-refractivity contribution >= 4 is 40.6 Å². The largest absolute Gasteiger partial charge is 0.385 e. The highest BCUT2D eigenvalue weighted by Crippen LogP contribution is 2.33. The molecule has 1 aliphatic rings. The van der Waals surface area contributed by atoms with E-state index in [1.54, 1.807) is 36.3 Å². The van der Waals surface area contributed by atoms with Crippen LogP contribution in [0.2, 0.25) is 5.02 Å². The minimum atomic E-state index is -0.334. The lowest BCUT2D eigenvalue weighted by Gasteiger charge is -2.23. The summed E-state index contributed by atoms with van der Waals surface area (Å²) in [5.74, 6) is -0.334. The number of hydrogen-bond donors (Lipinski definition) is 2. The molecule has 0 radical (unpaired) electrons. The van der Waals surface area contributed by atoms with Gasteiger partial charge in [0.15, 0.2) is 0 Å². The van der Waals surface area contributed by atoms with Gasteiger partial charge in [0, 0.05) is 37.5 Å². The molecule has 1 fully saturated rings. The molecule has 2 heterocycles. The van der Waals surface area contributed by atoms with Gasteiger partial charge in [-0.2, -0.15) is 0 Å². The lowest BCUT2D eigenvalue weighted by molar-refractivity contribution is 0.102. The van der Waals surface area contributed by atoms with Crippen LogP contribution in [-0.2, 0) is 4.74 Å². The number of anilines is 1. The number of urea groups is 1. The van der Waals surface area contributed by atoms with Gasteiger partial charge < -0.3 is 20.3 Å². The first kappa shape index (κ1) is 20.5. The minimum absolute atomic E-state index is 0.124. The number of benzene rings is 1. The Balaban J connectivity index is 1.60. The van der Waals surface area contributed by atoms with Crippen LogP contribution in [0.15, 0.2) is 24.3 Å². The van der Waals surface area contributed by atoms with Crippen molar-refractivity contribution in [2.24, 2.45) is 0 Å². The zero-order chi connectivity index (χ0) is 19.9. The van der Waals surface area contributed by atoms with Crippen LogP contribution in [-0.4, -0.2) is 53.8 Å². The minimum Gasteiger partial charge on any atom is -0.385 e. The van der Waals surface area contributed by atoms with E-state index in [0.29, 0.717) is 35.4 Å². The molecule has 10 heteroatoms. The molecule has 150 valence electrons. The second-order valence-electron chi connectivity index (χ2n) is 6.34. The quantitative estimate of drug-likeness (QED) is 0.666. The topological polar surface area (TPSA) is 96.4 Å². The first-order valence-electron chi connectivity index (χ1n) is 9.02. The van der Waals surface area contributed by atoms with E-state index in [2.05, 4.69) is 20.8 Å². The molecule has 1 aliphatic heterocycles. The van der Waals surface area contributed by atoms with E-state index >= 15 is 0 Å². The van der Waals surface area contributed by atoms with Crippen molar-refractivity contribution in [3.05, 3.63) is 39.3 Å². The molecule has 0 saturated carbocycles. The van der Waals surface area contributed by atoms with Crippen LogP contribution >= 0.6 is 22.9 Å². The summed E-state index contributed by atoms with van der Waals surface area (Å²) in [5, 5.41) is 15.4. The fraction of sp³-hybridized carbons (Fsp3) is 0.444. The lowest BCUT2D eigenvalue weighted by Crippen LogP contribution is -2.40. The number of halogens is 1. The summed E-state index contributed by atoms with van der Waals surface area (Å²) in [6.45, 7) is 1.82. The zero-order valence-corrected chi connectivity index (χ0v) is 17.1. The molecule has 3 amide bonds. The smallest absolute Gasteiger partial charge is 0.317 e. The second-order valence-corrected chi connectivity index (χ2v) is 7.78. The molecule has 1 atom stereocenters. The van der Waals surface area contributed by atoms with E-state index in [1.807, 2.05) is 0 Å². The highest BCUT2D eigenvalue weighted by atomic mass is 35.5. The van der Waals surface area contributed by atoms with Crippen LogP contribution in [0.5, 0.6) is 0 Å². The van der Waals surface area contributed by atoms with E-state index in [0.717, 1.165) is 19.3 Å². The van der Waals surface area contributed by atoms with Gasteiger partial charge in [-0.25, -0.2) is 4.79 Å². The standard InChI is InChI=1S/C18H22ClN5O3S/c1-27-11-3-9-20-18(26)24-10-2-4-14(24)16-22-23-17(28-16)15(25)21-13-7-5-12(19)6-8-13/h5-8,14H,2-4,9-11H2,1H3,(H,20,26)(H,21,25)/t14-/m1/s1. The number of amides is 3. The molecular weight excluding hydrogens is 402 g/mol. The Morgan fingerprint density at radius 3 is 2.86 bits per heavy atom. The Morgan fingerprint density at radius 2 is 2.11 bits per heavy atom. The highest BCUT2D eigenvalue weighted by Gasteiger charge is 2.33. The molecule has 0 spiro atoms. The molecule has 2 aromatic rings. The molecule has 1 saturated heterocycles. The number of methoxy groups -OCH3 is 1. The van der Waals surface area contributed by atoms with Gasteiger partial charge in [0.05, 0.1) is 6.04 Å². The van der Waals surface area contributed by atoms with Crippen molar-refractivity contribution in [1.82, 2.24) is 20.4 Å². The van der Waals surface area contributed by atoms with Crippen molar-refractivity contribution < 1.29 is 14.3 Å². The number of rotatable bonds is 7. The van der Waals surface area contributed by atoms with Crippen LogP contribution in [0.1, 0.15) is 40.1 Å². The summed E-state index contributed by atoms with van der Waals surface area (Å²) in [5.41, 5.74) is 0.629. The third kappa shape index (κ3) is 5.18. The van der Waals surface area contributed by atoms with Gasteiger partial charge in [0.2, 0.25) is 5.01 Å². The Bertz CT molecular complexity index is 814. The molecule has 1 aromatic carbocycles. The average molecular weight is 424 g/mol. The molecule has 2 N–H and O–H groups in total. The number of ether oxygens (including phenoxy) is 1. The third-order valence-electron chi connectivity index (χ3n) is 4.34. The molecular formula is C18H22ClN5O3S. The van der Waals surface area contributed by atoms with Crippen molar-refractivity contribution in [2.45, 2.75) is 25.3 Å². The number of nitrogens with one attached hydrogen (secondary N) is 2. The number of likely N-dealkylation sites (tertiary alicyclic amines) is 1. The average Bonchev–Trinajstić information content (AvgIpc) is 3.36. The predicted octanol–water partition coefficient (Wildman–Crippen LogP) is 3.33. The predicted molar refractivity (Wildman–Crippen MR) is 108 cm³/mol. The van der Waals surface area contributed by atoms with Crippen LogP contribution in [0.4, 0.5) is 10.5 Å². The Hall–Kier alpha value is -2.23. The van der Waals surface area contributed by atoms with Crippen molar-refractivity contribution in [2.75, 3.05) is 32.1 Å². The Kier molecular flexibility index (Phi) is 7.18. The van der Waals surface area contributed by atoms with E-state index < -0.39 is 0 Å². The van der Waals surface area contributed by atoms with Crippen molar-refractivity contribution in [3.63, 3.8) is 0 Å². The fourth-order valence-electron chi connectivity index (χ4n) is 2.96. The van der Waals surface area contributed by atoms with Crippen LogP contribution < -0.4 is 10.6 Å². The van der Waals surface area contributed by atoms with Crippen molar-refractivity contribution in [3.8, 4) is 0 Å². The summed E-state index contributed by atoms with van der Waals surface area (Å²) in [6, 6.07) is 6.55. The van der Waals surface area contributed by atoms with E-state index in [4.69, 9.17) is 16.3 Å². The van der Waals surface area contributed by atoms with Gasteiger partial charge in [-0.05, 0) is 43.5 Å². The lowest BCUT2D eigenvalue weighted by atomic mass is 10.2. The van der Waals surface area contributed by atoms with Crippen molar-refractivity contribution in [1.29, 1.82) is 0 Å². The normalized spacial score (nSPS) is 16.2. The molecule has 0 aliphatic carbocycles. The van der Waals surface area contributed by atoms with Gasteiger partial charge in [0.25, 0.3) is 5.91 Å². The summed E-state index contributed by atoms with van der Waals surface area (Å²) in [6.07, 6.45) is 2.45. The molecule has 0 bridgehead atoms.